The van der Waals surface area contributed by atoms with Gasteiger partial charge in [-0.3, -0.25) is 4.79 Å². The van der Waals surface area contributed by atoms with E-state index in [-0.39, 0.29) is 18.0 Å². The number of carboxylic acid groups (broad SMARTS) is 1. The number of imidazole rings is 1. The Hall–Kier alpha value is -2.57. The number of aryl methyl sites for hydroxylation is 1. The molecule has 0 spiro atoms. The molecule has 0 unspecified atom stereocenters. The minimum atomic E-state index is -0.739. The number of aromatic nitrogens is 2. The van der Waals surface area contributed by atoms with Gasteiger partial charge in [0.1, 0.15) is 5.65 Å². The maximum atomic E-state index is 12.1. The fourth-order valence-corrected chi connectivity index (χ4v) is 3.11. The van der Waals surface area contributed by atoms with Gasteiger partial charge < -0.3 is 20.1 Å². The predicted octanol–water partition coefficient (Wildman–Crippen LogP) is 2.41. The summed E-state index contributed by atoms with van der Waals surface area (Å²) in [5.74, 6) is -1.01. The summed E-state index contributed by atoms with van der Waals surface area (Å²) in [5.41, 5.74) is 2.54. The molecule has 7 heteroatoms. The van der Waals surface area contributed by atoms with Gasteiger partial charge in [0.15, 0.2) is 0 Å². The van der Waals surface area contributed by atoms with Crippen molar-refractivity contribution in [1.29, 1.82) is 0 Å². The van der Waals surface area contributed by atoms with E-state index in [4.69, 9.17) is 5.11 Å². The van der Waals surface area contributed by atoms with Crippen molar-refractivity contribution >= 4 is 23.3 Å². The van der Waals surface area contributed by atoms with Gasteiger partial charge in [0.25, 0.3) is 0 Å². The van der Waals surface area contributed by atoms with Crippen molar-refractivity contribution in [1.82, 2.24) is 14.7 Å². The summed E-state index contributed by atoms with van der Waals surface area (Å²) in [6.45, 7) is 1.94. The second-order valence-corrected chi connectivity index (χ2v) is 6.06. The molecule has 2 aromatic rings. The van der Waals surface area contributed by atoms with E-state index in [1.807, 2.05) is 29.8 Å². The maximum absolute atomic E-state index is 12.1. The minimum Gasteiger partial charge on any atom is -0.481 e. The third-order valence-corrected chi connectivity index (χ3v) is 4.34. The van der Waals surface area contributed by atoms with Crippen LogP contribution in [0.15, 0.2) is 24.7 Å². The highest BCUT2D eigenvalue weighted by molar-refractivity contribution is 5.89. The van der Waals surface area contributed by atoms with Crippen molar-refractivity contribution in [2.45, 2.75) is 38.6 Å². The molecule has 122 valence electrons. The Labute approximate surface area is 133 Å². The quantitative estimate of drug-likeness (QED) is 0.810. The Morgan fingerprint density at radius 2 is 2.04 bits per heavy atom. The lowest BCUT2D eigenvalue weighted by Crippen LogP contribution is -2.41. The number of carbonyl (C=O) groups is 2. The summed E-state index contributed by atoms with van der Waals surface area (Å²) in [6.07, 6.45) is 7.98. The molecular formula is C16H20N4O3. The summed E-state index contributed by atoms with van der Waals surface area (Å²) in [4.78, 5) is 27.3. The van der Waals surface area contributed by atoms with E-state index >= 15 is 0 Å². The van der Waals surface area contributed by atoms with E-state index in [9.17, 15) is 9.59 Å². The smallest absolute Gasteiger partial charge is 0.319 e. The standard InChI is InChI=1S/C16H20N4O3/c1-10-8-13(9-20-7-6-17-14(10)20)19-16(23)18-12-4-2-11(3-5-12)15(21)22/h6-9,11-12H,2-5H2,1H3,(H,21,22)(H2,18,19,23). The van der Waals surface area contributed by atoms with Gasteiger partial charge in [-0.25, -0.2) is 9.78 Å². The molecule has 2 amide bonds. The van der Waals surface area contributed by atoms with Crippen LogP contribution in [0.1, 0.15) is 31.2 Å². The highest BCUT2D eigenvalue weighted by Gasteiger charge is 2.26. The van der Waals surface area contributed by atoms with Gasteiger partial charge in [-0.1, -0.05) is 0 Å². The molecule has 7 nitrogen and oxygen atoms in total. The van der Waals surface area contributed by atoms with E-state index in [2.05, 4.69) is 15.6 Å². The van der Waals surface area contributed by atoms with Crippen LogP contribution in [0.5, 0.6) is 0 Å². The topological polar surface area (TPSA) is 95.7 Å². The van der Waals surface area contributed by atoms with Crippen LogP contribution in [0.2, 0.25) is 0 Å². The highest BCUT2D eigenvalue weighted by atomic mass is 16.4. The summed E-state index contributed by atoms with van der Waals surface area (Å²) < 4.78 is 1.86. The molecule has 0 bridgehead atoms. The van der Waals surface area contributed by atoms with Gasteiger partial charge in [-0.15, -0.1) is 0 Å². The van der Waals surface area contributed by atoms with Crippen LogP contribution in [0.25, 0.3) is 5.65 Å². The average molecular weight is 316 g/mol. The van der Waals surface area contributed by atoms with Gasteiger partial charge in [0.05, 0.1) is 11.6 Å². The molecule has 1 aliphatic rings. The molecule has 2 heterocycles. The summed E-state index contributed by atoms with van der Waals surface area (Å²) in [6, 6.07) is 1.65. The summed E-state index contributed by atoms with van der Waals surface area (Å²) in [5, 5.41) is 14.7. The van der Waals surface area contributed by atoms with Crippen LogP contribution >= 0.6 is 0 Å². The first-order valence-corrected chi connectivity index (χ1v) is 7.76. The Balaban J connectivity index is 1.57. The first-order chi connectivity index (χ1) is 11.0. The van der Waals surface area contributed by atoms with Gasteiger partial charge in [0, 0.05) is 24.6 Å². The van der Waals surface area contributed by atoms with Crippen LogP contribution < -0.4 is 10.6 Å². The number of aliphatic carboxylic acids is 1. The second-order valence-electron chi connectivity index (χ2n) is 6.06. The molecule has 0 aromatic carbocycles. The number of amides is 2. The lowest BCUT2D eigenvalue weighted by Gasteiger charge is -2.26. The van der Waals surface area contributed by atoms with Gasteiger partial charge >= 0.3 is 12.0 Å². The largest absolute Gasteiger partial charge is 0.481 e. The molecule has 1 fully saturated rings. The van der Waals surface area contributed by atoms with E-state index in [0.29, 0.717) is 31.4 Å². The number of carbonyl (C=O) groups excluding carboxylic acids is 1. The average Bonchev–Trinajstić information content (AvgIpc) is 2.96. The monoisotopic (exact) mass is 316 g/mol. The Morgan fingerprint density at radius 1 is 1.30 bits per heavy atom. The van der Waals surface area contributed by atoms with Crippen LogP contribution in [0, 0.1) is 12.8 Å². The van der Waals surface area contributed by atoms with Crippen LogP contribution in [-0.4, -0.2) is 32.5 Å². The van der Waals surface area contributed by atoms with Gasteiger partial charge in [-0.2, -0.15) is 0 Å². The molecule has 3 rings (SSSR count). The zero-order chi connectivity index (χ0) is 16.4. The first-order valence-electron chi connectivity index (χ1n) is 7.76. The van der Waals surface area contributed by atoms with Crippen molar-refractivity contribution < 1.29 is 14.7 Å². The van der Waals surface area contributed by atoms with Crippen LogP contribution in [0.3, 0.4) is 0 Å². The van der Waals surface area contributed by atoms with Crippen molar-refractivity contribution in [3.63, 3.8) is 0 Å². The number of hydrogen-bond donors (Lipinski definition) is 3. The number of pyridine rings is 1. The SMILES string of the molecule is Cc1cc(NC(=O)NC2CCC(C(=O)O)CC2)cn2ccnc12. The van der Waals surface area contributed by atoms with Crippen molar-refractivity contribution in [2.75, 3.05) is 5.32 Å². The lowest BCUT2D eigenvalue weighted by molar-refractivity contribution is -0.142. The Bertz CT molecular complexity index is 732. The minimum absolute atomic E-state index is 0.0312. The number of fused-ring (bicyclic) bond motifs is 1. The van der Waals surface area contributed by atoms with Crippen molar-refractivity contribution in [3.8, 4) is 0 Å². The Morgan fingerprint density at radius 3 is 2.74 bits per heavy atom. The molecule has 1 aliphatic carbocycles. The molecule has 1 saturated carbocycles. The fourth-order valence-electron chi connectivity index (χ4n) is 3.11. The summed E-state index contributed by atoms with van der Waals surface area (Å²) in [7, 11) is 0. The normalized spacial score (nSPS) is 21.1. The van der Waals surface area contributed by atoms with E-state index < -0.39 is 5.97 Å². The van der Waals surface area contributed by atoms with Crippen molar-refractivity contribution in [3.05, 3.63) is 30.2 Å². The van der Waals surface area contributed by atoms with E-state index in [1.165, 1.54) is 0 Å². The molecule has 23 heavy (non-hydrogen) atoms. The molecular weight excluding hydrogens is 296 g/mol. The molecule has 0 radical (unpaired) electrons. The number of nitrogens with one attached hydrogen (secondary N) is 2. The second kappa shape index (κ2) is 6.28. The Kier molecular flexibility index (Phi) is 4.18. The van der Waals surface area contributed by atoms with Gasteiger partial charge in [-0.05, 0) is 44.2 Å². The molecule has 0 aliphatic heterocycles. The first kappa shape index (κ1) is 15.3. The maximum Gasteiger partial charge on any atom is 0.319 e. The zero-order valence-electron chi connectivity index (χ0n) is 13.0. The highest BCUT2D eigenvalue weighted by Crippen LogP contribution is 2.24. The number of anilines is 1. The van der Waals surface area contributed by atoms with Crippen LogP contribution in [0.4, 0.5) is 10.5 Å². The molecule has 2 aromatic heterocycles. The third-order valence-electron chi connectivity index (χ3n) is 4.34. The number of nitrogens with zero attached hydrogens (tertiary/aromatic N) is 2. The number of hydrogen-bond acceptors (Lipinski definition) is 3. The third kappa shape index (κ3) is 3.44. The lowest BCUT2D eigenvalue weighted by atomic mass is 9.86. The number of carboxylic acids is 1. The molecule has 3 N–H and O–H groups in total. The predicted molar refractivity (Wildman–Crippen MR) is 85.5 cm³/mol. The fraction of sp³-hybridized carbons (Fsp3) is 0.438. The van der Waals surface area contributed by atoms with Gasteiger partial charge in [0.2, 0.25) is 0 Å². The number of urea groups is 1. The zero-order valence-corrected chi connectivity index (χ0v) is 13.0. The van der Waals surface area contributed by atoms with E-state index in [1.54, 1.807) is 6.20 Å². The van der Waals surface area contributed by atoms with Crippen molar-refractivity contribution in [2.24, 2.45) is 5.92 Å². The number of rotatable bonds is 3. The molecule has 0 atom stereocenters. The summed E-state index contributed by atoms with van der Waals surface area (Å²) >= 11 is 0. The molecule has 0 saturated heterocycles. The van der Waals surface area contributed by atoms with Crippen LogP contribution in [-0.2, 0) is 4.79 Å². The van der Waals surface area contributed by atoms with E-state index in [0.717, 1.165) is 11.2 Å².